The van der Waals surface area contributed by atoms with Crippen LogP contribution in [0, 0.1) is 11.3 Å². The highest BCUT2D eigenvalue weighted by Gasteiger charge is 2.28. The van der Waals surface area contributed by atoms with E-state index >= 15 is 0 Å². The van der Waals surface area contributed by atoms with E-state index in [0.717, 1.165) is 12.8 Å². The average molecular weight is 361 g/mol. The quantitative estimate of drug-likeness (QED) is 0.365. The summed E-state index contributed by atoms with van der Waals surface area (Å²) in [5, 5.41) is 21.7. The van der Waals surface area contributed by atoms with E-state index in [2.05, 4.69) is 57.6 Å². The standard InChI is InChI=1S/C17H36N3O3P/c1-7-9-16(6)19-17(12-21)13-23-24(22-11-8-10-18)20(14(2)3)15(4)5/h14-17,19,21H,7-9,11-13H2,1-6H3. The molecule has 0 aromatic carbocycles. The number of rotatable bonds is 14. The third-order valence-corrected chi connectivity index (χ3v) is 5.59. The van der Waals surface area contributed by atoms with Crippen LogP contribution in [0.1, 0.15) is 60.8 Å². The minimum Gasteiger partial charge on any atom is -0.395 e. The maximum Gasteiger partial charge on any atom is 0.259 e. The summed E-state index contributed by atoms with van der Waals surface area (Å²) >= 11 is 0. The average Bonchev–Trinajstić information content (AvgIpc) is 2.50. The van der Waals surface area contributed by atoms with Crippen LogP contribution in [-0.4, -0.2) is 53.8 Å². The molecule has 0 heterocycles. The Morgan fingerprint density at radius 3 is 2.25 bits per heavy atom. The van der Waals surface area contributed by atoms with Gasteiger partial charge in [0.05, 0.1) is 38.4 Å². The fraction of sp³-hybridized carbons (Fsp3) is 0.941. The van der Waals surface area contributed by atoms with Crippen molar-refractivity contribution in [1.82, 2.24) is 9.99 Å². The van der Waals surface area contributed by atoms with Crippen LogP contribution in [0.25, 0.3) is 0 Å². The molecule has 7 heteroatoms. The molecule has 0 spiro atoms. The molecule has 0 amide bonds. The molecule has 2 N–H and O–H groups in total. The number of hydrogen-bond acceptors (Lipinski definition) is 6. The number of hydrogen-bond donors (Lipinski definition) is 2. The van der Waals surface area contributed by atoms with Crippen LogP contribution in [0.5, 0.6) is 0 Å². The summed E-state index contributed by atoms with van der Waals surface area (Å²) in [6.45, 7) is 13.5. The van der Waals surface area contributed by atoms with Crippen molar-refractivity contribution < 1.29 is 14.2 Å². The number of nitrogens with one attached hydrogen (secondary N) is 1. The maximum atomic E-state index is 9.59. The molecule has 0 aliphatic carbocycles. The van der Waals surface area contributed by atoms with Crippen LogP contribution >= 0.6 is 8.53 Å². The lowest BCUT2D eigenvalue weighted by Crippen LogP contribution is -2.42. The fourth-order valence-electron chi connectivity index (χ4n) is 2.54. The lowest BCUT2D eigenvalue weighted by Gasteiger charge is -2.36. The van der Waals surface area contributed by atoms with Crippen molar-refractivity contribution in [2.24, 2.45) is 0 Å². The van der Waals surface area contributed by atoms with Gasteiger partial charge in [-0.15, -0.1) is 0 Å². The molecular weight excluding hydrogens is 325 g/mol. The molecule has 6 nitrogen and oxygen atoms in total. The zero-order chi connectivity index (χ0) is 18.5. The molecule has 3 atom stereocenters. The maximum absolute atomic E-state index is 9.59. The first-order valence-electron chi connectivity index (χ1n) is 8.95. The van der Waals surface area contributed by atoms with Crippen molar-refractivity contribution in [3.63, 3.8) is 0 Å². The molecule has 0 saturated carbocycles. The summed E-state index contributed by atoms with van der Waals surface area (Å²) < 4.78 is 14.1. The van der Waals surface area contributed by atoms with Crippen molar-refractivity contribution in [3.8, 4) is 6.07 Å². The van der Waals surface area contributed by atoms with Gasteiger partial charge in [-0.05, 0) is 41.0 Å². The second-order valence-electron chi connectivity index (χ2n) is 6.58. The highest BCUT2D eigenvalue weighted by atomic mass is 31.2. The van der Waals surface area contributed by atoms with Gasteiger partial charge in [0.15, 0.2) is 0 Å². The van der Waals surface area contributed by atoms with Gasteiger partial charge < -0.3 is 19.5 Å². The van der Waals surface area contributed by atoms with Gasteiger partial charge >= 0.3 is 0 Å². The van der Waals surface area contributed by atoms with E-state index in [-0.39, 0.29) is 24.7 Å². The van der Waals surface area contributed by atoms with Crippen LogP contribution in [0.2, 0.25) is 0 Å². The third kappa shape index (κ3) is 9.88. The number of nitriles is 1. The van der Waals surface area contributed by atoms with Crippen LogP contribution in [0.15, 0.2) is 0 Å². The van der Waals surface area contributed by atoms with Crippen LogP contribution in [0.3, 0.4) is 0 Å². The summed E-state index contributed by atoms with van der Waals surface area (Å²) in [6, 6.07) is 2.87. The summed E-state index contributed by atoms with van der Waals surface area (Å²) in [5.74, 6) is 0. The van der Waals surface area contributed by atoms with Crippen molar-refractivity contribution in [1.29, 1.82) is 5.26 Å². The topological polar surface area (TPSA) is 77.7 Å². The van der Waals surface area contributed by atoms with E-state index in [1.54, 1.807) is 0 Å². The monoisotopic (exact) mass is 361 g/mol. The van der Waals surface area contributed by atoms with E-state index in [0.29, 0.717) is 25.7 Å². The highest BCUT2D eigenvalue weighted by molar-refractivity contribution is 7.44. The molecule has 0 fully saturated rings. The van der Waals surface area contributed by atoms with Gasteiger partial charge in [0.25, 0.3) is 8.53 Å². The molecular formula is C17H36N3O3P. The van der Waals surface area contributed by atoms with Gasteiger partial charge in [-0.25, -0.2) is 4.67 Å². The minimum atomic E-state index is -1.25. The Labute approximate surface area is 149 Å². The Kier molecular flexibility index (Phi) is 13.8. The van der Waals surface area contributed by atoms with Crippen molar-refractivity contribution in [3.05, 3.63) is 0 Å². The Balaban J connectivity index is 4.74. The molecule has 0 radical (unpaired) electrons. The number of aliphatic hydroxyl groups excluding tert-OH is 1. The fourth-order valence-corrected chi connectivity index (χ4v) is 4.19. The smallest absolute Gasteiger partial charge is 0.259 e. The summed E-state index contributed by atoms with van der Waals surface area (Å²) in [4.78, 5) is 0. The molecule has 3 unspecified atom stereocenters. The summed E-state index contributed by atoms with van der Waals surface area (Å²) in [6.07, 6.45) is 2.51. The van der Waals surface area contributed by atoms with Crippen molar-refractivity contribution in [2.75, 3.05) is 19.8 Å². The zero-order valence-electron chi connectivity index (χ0n) is 16.2. The van der Waals surface area contributed by atoms with Gasteiger partial charge in [-0.2, -0.15) is 5.26 Å². The molecule has 0 bridgehead atoms. The summed E-state index contributed by atoms with van der Waals surface area (Å²) in [7, 11) is -1.25. The molecule has 0 aromatic rings. The Bertz CT molecular complexity index is 342. The first-order chi connectivity index (χ1) is 11.4. The first-order valence-corrected chi connectivity index (χ1v) is 10.1. The molecule has 142 valence electrons. The number of aliphatic hydroxyl groups is 1. The van der Waals surface area contributed by atoms with Gasteiger partial charge in [0.2, 0.25) is 0 Å². The molecule has 0 aliphatic heterocycles. The lowest BCUT2D eigenvalue weighted by atomic mass is 10.2. The Morgan fingerprint density at radius 2 is 1.79 bits per heavy atom. The summed E-state index contributed by atoms with van der Waals surface area (Å²) in [5.41, 5.74) is 0. The van der Waals surface area contributed by atoms with Crippen molar-refractivity contribution >= 4 is 8.53 Å². The van der Waals surface area contributed by atoms with Crippen LogP contribution in [-0.2, 0) is 9.05 Å². The van der Waals surface area contributed by atoms with E-state index in [9.17, 15) is 5.11 Å². The predicted octanol–water partition coefficient (Wildman–Crippen LogP) is 3.42. The van der Waals surface area contributed by atoms with E-state index in [1.165, 1.54) is 0 Å². The van der Waals surface area contributed by atoms with Gasteiger partial charge in [-0.3, -0.25) is 0 Å². The second kappa shape index (κ2) is 13.9. The lowest BCUT2D eigenvalue weighted by molar-refractivity contribution is 0.137. The van der Waals surface area contributed by atoms with Crippen LogP contribution < -0.4 is 5.32 Å². The second-order valence-corrected chi connectivity index (χ2v) is 8.03. The normalized spacial score (nSPS) is 15.7. The molecule has 0 aliphatic rings. The SMILES string of the molecule is CCCC(C)NC(CO)COP(OCCC#N)N(C(C)C)C(C)C. The third-order valence-electron chi connectivity index (χ3n) is 3.51. The Hall–Kier alpha value is -0.280. The zero-order valence-corrected chi connectivity index (χ0v) is 17.1. The van der Waals surface area contributed by atoms with E-state index in [1.807, 2.05) is 0 Å². The number of nitrogens with zero attached hydrogens (tertiary/aromatic N) is 2. The van der Waals surface area contributed by atoms with Gasteiger partial charge in [0, 0.05) is 18.1 Å². The first kappa shape index (κ1) is 23.7. The minimum absolute atomic E-state index is 0.0266. The largest absolute Gasteiger partial charge is 0.395 e. The van der Waals surface area contributed by atoms with Crippen LogP contribution in [0.4, 0.5) is 0 Å². The molecule has 0 saturated heterocycles. The molecule has 0 rings (SSSR count). The van der Waals surface area contributed by atoms with E-state index in [4.69, 9.17) is 14.3 Å². The molecule has 24 heavy (non-hydrogen) atoms. The Morgan fingerprint density at radius 1 is 1.17 bits per heavy atom. The van der Waals surface area contributed by atoms with Crippen molar-refractivity contribution in [2.45, 2.75) is 85.0 Å². The predicted molar refractivity (Wildman–Crippen MR) is 99.5 cm³/mol. The highest BCUT2D eigenvalue weighted by Crippen LogP contribution is 2.46. The van der Waals surface area contributed by atoms with E-state index < -0.39 is 8.53 Å². The van der Waals surface area contributed by atoms with Gasteiger partial charge in [-0.1, -0.05) is 13.3 Å². The molecule has 0 aromatic heterocycles. The van der Waals surface area contributed by atoms with Gasteiger partial charge in [0.1, 0.15) is 0 Å².